The first kappa shape index (κ1) is 22.9. The van der Waals surface area contributed by atoms with Crippen molar-refractivity contribution in [1.82, 2.24) is 15.1 Å². The Morgan fingerprint density at radius 3 is 2.21 bits per heavy atom. The number of benzene rings is 2. The average Bonchev–Trinajstić information content (AvgIpc) is 3.45. The van der Waals surface area contributed by atoms with Gasteiger partial charge in [-0.1, -0.05) is 16.5 Å². The fourth-order valence-corrected chi connectivity index (χ4v) is 3.99. The molecular formula is C21H21FN6O5S. The Labute approximate surface area is 197 Å². The number of ether oxygens (including phenoxy) is 4. The molecule has 0 unspecified atom stereocenters. The van der Waals surface area contributed by atoms with Gasteiger partial charge in [0.15, 0.2) is 16.6 Å². The summed E-state index contributed by atoms with van der Waals surface area (Å²) in [7, 11) is 5.96. The smallest absolute Gasteiger partial charge is 0.272 e. The number of rotatable bonds is 8. The van der Waals surface area contributed by atoms with Crippen molar-refractivity contribution in [3.8, 4) is 45.2 Å². The number of aromatic nitrogens is 3. The maximum absolute atomic E-state index is 14.5. The molecule has 5 N–H and O–H groups in total. The fraction of sp³-hybridized carbons (Fsp3) is 0.190. The van der Waals surface area contributed by atoms with E-state index in [-0.39, 0.29) is 34.5 Å². The number of nitrogens with one attached hydrogen (secondary N) is 1. The third-order valence-corrected chi connectivity index (χ3v) is 5.72. The van der Waals surface area contributed by atoms with Crippen LogP contribution in [0.25, 0.3) is 22.2 Å². The van der Waals surface area contributed by atoms with Crippen LogP contribution in [0.3, 0.4) is 0 Å². The molecule has 2 aromatic heterocycles. The zero-order valence-corrected chi connectivity index (χ0v) is 19.4. The zero-order valence-electron chi connectivity index (χ0n) is 18.6. The summed E-state index contributed by atoms with van der Waals surface area (Å²) >= 11 is 1.17. The van der Waals surface area contributed by atoms with E-state index in [1.54, 1.807) is 12.1 Å². The van der Waals surface area contributed by atoms with E-state index in [9.17, 15) is 4.39 Å². The molecule has 0 aliphatic carbocycles. The van der Waals surface area contributed by atoms with Gasteiger partial charge < -0.3 is 40.3 Å². The quantitative estimate of drug-likeness (QED) is 0.309. The van der Waals surface area contributed by atoms with Gasteiger partial charge in [0.25, 0.3) is 5.89 Å². The SMILES string of the molecule is COc1cc(F)c(-c2noc(-c3sc(Nc4cc(OC)c(OC)c(OC)c4)nc3N)n2)cc1N. The highest BCUT2D eigenvalue weighted by Gasteiger charge is 2.21. The third kappa shape index (κ3) is 4.20. The monoisotopic (exact) mass is 488 g/mol. The number of nitrogens with zero attached hydrogens (tertiary/aromatic N) is 3. The van der Waals surface area contributed by atoms with Gasteiger partial charge in [-0.3, -0.25) is 0 Å². The number of nitrogens with two attached hydrogens (primary N) is 2. The first-order chi connectivity index (χ1) is 16.4. The fourth-order valence-electron chi connectivity index (χ4n) is 3.16. The van der Waals surface area contributed by atoms with E-state index in [1.165, 1.54) is 45.8 Å². The molecule has 4 rings (SSSR count). The lowest BCUT2D eigenvalue weighted by molar-refractivity contribution is 0.324. The largest absolute Gasteiger partial charge is 0.494 e. The van der Waals surface area contributed by atoms with E-state index >= 15 is 0 Å². The Hall–Kier alpha value is -4.26. The number of halogens is 1. The molecule has 11 nitrogen and oxygen atoms in total. The summed E-state index contributed by atoms with van der Waals surface area (Å²) in [5.41, 5.74) is 12.9. The number of thiazole rings is 1. The molecular weight excluding hydrogens is 467 g/mol. The molecule has 0 aliphatic rings. The third-order valence-electron chi connectivity index (χ3n) is 4.75. The lowest BCUT2D eigenvalue weighted by atomic mass is 10.1. The summed E-state index contributed by atoms with van der Waals surface area (Å²) in [6.45, 7) is 0. The topological polar surface area (TPSA) is 153 Å². The molecule has 34 heavy (non-hydrogen) atoms. The second kappa shape index (κ2) is 9.31. The summed E-state index contributed by atoms with van der Waals surface area (Å²) in [6.07, 6.45) is 0. The molecule has 0 spiro atoms. The number of anilines is 4. The van der Waals surface area contributed by atoms with Crippen LogP contribution in [0.4, 0.5) is 26.7 Å². The van der Waals surface area contributed by atoms with Gasteiger partial charge in [0.2, 0.25) is 11.6 Å². The number of nitrogen functional groups attached to an aromatic ring is 2. The molecule has 0 atom stereocenters. The highest BCUT2D eigenvalue weighted by atomic mass is 32.1. The van der Waals surface area contributed by atoms with Gasteiger partial charge in [0.05, 0.1) is 39.7 Å². The number of hydrogen-bond acceptors (Lipinski definition) is 12. The lowest BCUT2D eigenvalue weighted by Gasteiger charge is -2.14. The molecule has 0 saturated heterocycles. The van der Waals surface area contributed by atoms with Crippen molar-refractivity contribution in [1.29, 1.82) is 0 Å². The summed E-state index contributed by atoms with van der Waals surface area (Å²) in [5, 5.41) is 7.43. The molecule has 178 valence electrons. The van der Waals surface area contributed by atoms with E-state index in [0.717, 1.165) is 6.07 Å². The van der Waals surface area contributed by atoms with Gasteiger partial charge in [0.1, 0.15) is 22.3 Å². The van der Waals surface area contributed by atoms with Crippen molar-refractivity contribution in [3.63, 3.8) is 0 Å². The van der Waals surface area contributed by atoms with Crippen molar-refractivity contribution < 1.29 is 27.9 Å². The Balaban J connectivity index is 1.63. The maximum Gasteiger partial charge on any atom is 0.272 e. The van der Waals surface area contributed by atoms with E-state index in [1.807, 2.05) is 0 Å². The summed E-state index contributed by atoms with van der Waals surface area (Å²) in [5.74, 6) is 1.24. The van der Waals surface area contributed by atoms with E-state index in [4.69, 9.17) is 34.9 Å². The predicted octanol–water partition coefficient (Wildman–Crippen LogP) is 3.94. The Morgan fingerprint density at radius 1 is 0.912 bits per heavy atom. The molecule has 4 aromatic rings. The van der Waals surface area contributed by atoms with Crippen molar-refractivity contribution in [2.24, 2.45) is 0 Å². The molecule has 2 heterocycles. The standard InChI is InChI=1S/C21H21FN6O5S/c1-29-13-8-11(22)10(7-12(13)23)19-27-20(33-28-19)17-18(24)26-21(34-17)25-9-5-14(30-2)16(32-4)15(6-9)31-3/h5-8H,23-24H2,1-4H3,(H,25,26). The van der Waals surface area contributed by atoms with Gasteiger partial charge in [0, 0.05) is 23.9 Å². The molecule has 0 fully saturated rings. The van der Waals surface area contributed by atoms with Crippen molar-refractivity contribution in [2.75, 3.05) is 45.2 Å². The van der Waals surface area contributed by atoms with Crippen LogP contribution >= 0.6 is 11.3 Å². The van der Waals surface area contributed by atoms with Crippen LogP contribution in [-0.2, 0) is 0 Å². The summed E-state index contributed by atoms with van der Waals surface area (Å²) < 4.78 is 40.9. The highest BCUT2D eigenvalue weighted by Crippen LogP contribution is 2.42. The molecule has 0 amide bonds. The first-order valence-corrected chi connectivity index (χ1v) is 10.5. The summed E-state index contributed by atoms with van der Waals surface area (Å²) in [4.78, 5) is 8.98. The number of hydrogen-bond donors (Lipinski definition) is 3. The van der Waals surface area contributed by atoms with Crippen molar-refractivity contribution >= 4 is 33.7 Å². The Kier molecular flexibility index (Phi) is 6.27. The number of methoxy groups -OCH3 is 4. The van der Waals surface area contributed by atoms with Gasteiger partial charge in [-0.2, -0.15) is 4.98 Å². The molecule has 0 radical (unpaired) electrons. The van der Waals surface area contributed by atoms with Gasteiger partial charge >= 0.3 is 0 Å². The minimum absolute atomic E-state index is 0.00814. The lowest BCUT2D eigenvalue weighted by Crippen LogP contribution is -1.97. The minimum Gasteiger partial charge on any atom is -0.494 e. The highest BCUT2D eigenvalue weighted by molar-refractivity contribution is 7.19. The van der Waals surface area contributed by atoms with Gasteiger partial charge in [-0.25, -0.2) is 9.37 Å². The van der Waals surface area contributed by atoms with Crippen LogP contribution < -0.4 is 35.7 Å². The van der Waals surface area contributed by atoms with Crippen molar-refractivity contribution in [2.45, 2.75) is 0 Å². The van der Waals surface area contributed by atoms with Gasteiger partial charge in [-0.05, 0) is 6.07 Å². The Morgan fingerprint density at radius 2 is 1.59 bits per heavy atom. The molecule has 0 aliphatic heterocycles. The van der Waals surface area contributed by atoms with Crippen molar-refractivity contribution in [3.05, 3.63) is 30.1 Å². The average molecular weight is 489 g/mol. The van der Waals surface area contributed by atoms with Crippen LogP contribution in [0, 0.1) is 5.82 Å². The Bertz CT molecular complexity index is 1320. The maximum atomic E-state index is 14.5. The van der Waals surface area contributed by atoms with Crippen LogP contribution in [0.2, 0.25) is 0 Å². The van der Waals surface area contributed by atoms with E-state index < -0.39 is 5.82 Å². The first-order valence-electron chi connectivity index (χ1n) is 9.69. The summed E-state index contributed by atoms with van der Waals surface area (Å²) in [6, 6.07) is 5.97. The second-order valence-electron chi connectivity index (χ2n) is 6.77. The van der Waals surface area contributed by atoms with Crippen LogP contribution in [0.5, 0.6) is 23.0 Å². The predicted molar refractivity (Wildman–Crippen MR) is 126 cm³/mol. The second-order valence-corrected chi connectivity index (χ2v) is 7.77. The molecule has 13 heteroatoms. The van der Waals surface area contributed by atoms with Gasteiger partial charge in [-0.15, -0.1) is 0 Å². The minimum atomic E-state index is -0.611. The molecule has 2 aromatic carbocycles. The normalized spacial score (nSPS) is 10.7. The van der Waals surface area contributed by atoms with E-state index in [2.05, 4.69) is 20.4 Å². The van der Waals surface area contributed by atoms with E-state index in [0.29, 0.717) is 32.9 Å². The molecule has 0 bridgehead atoms. The van der Waals surface area contributed by atoms with Crippen LogP contribution in [0.15, 0.2) is 28.8 Å². The zero-order chi connectivity index (χ0) is 24.4. The van der Waals surface area contributed by atoms with Crippen LogP contribution in [-0.4, -0.2) is 43.6 Å². The molecule has 0 saturated carbocycles. The van der Waals surface area contributed by atoms with Crippen LogP contribution in [0.1, 0.15) is 0 Å².